The van der Waals surface area contributed by atoms with Crippen LogP contribution in [0.3, 0.4) is 0 Å². The van der Waals surface area contributed by atoms with E-state index in [4.69, 9.17) is 14.2 Å². The van der Waals surface area contributed by atoms with E-state index in [9.17, 15) is 15.0 Å². The lowest BCUT2D eigenvalue weighted by Gasteiger charge is -2.34. The Balaban J connectivity index is 1.29. The van der Waals surface area contributed by atoms with E-state index in [1.54, 1.807) is 18.2 Å². The predicted octanol–water partition coefficient (Wildman–Crippen LogP) is 8.71. The second kappa shape index (κ2) is 12.8. The number of aliphatic hydroxyl groups is 2. The number of carbonyl (C=O) groups excluding carboxylic acids is 1. The first-order valence-electron chi connectivity index (χ1n) is 15.7. The van der Waals surface area contributed by atoms with E-state index < -0.39 is 11.4 Å². The summed E-state index contributed by atoms with van der Waals surface area (Å²) in [5.74, 6) is 1.96. The fourth-order valence-corrected chi connectivity index (χ4v) is 6.81. The van der Waals surface area contributed by atoms with Gasteiger partial charge in [-0.3, -0.25) is 0 Å². The van der Waals surface area contributed by atoms with Gasteiger partial charge in [0.2, 0.25) is 0 Å². The first kappa shape index (κ1) is 30.9. The maximum atomic E-state index is 12.3. The first-order chi connectivity index (χ1) is 23.5. The fraction of sp³-hybridized carbons (Fsp3) is 0.119. The Morgan fingerprint density at radius 1 is 0.583 bits per heavy atom. The molecule has 0 aliphatic heterocycles. The molecule has 0 saturated heterocycles. The lowest BCUT2D eigenvalue weighted by atomic mass is 9.68. The minimum Gasteiger partial charge on any atom is -0.465 e. The van der Waals surface area contributed by atoms with Crippen molar-refractivity contribution >= 4 is 5.97 Å². The van der Waals surface area contributed by atoms with Gasteiger partial charge in [-0.15, -0.1) is 0 Å². The number of fused-ring (bicyclic) bond motifs is 3. The average molecular weight is 635 g/mol. The molecule has 2 N–H and O–H groups in total. The average Bonchev–Trinajstić information content (AvgIpc) is 3.43. The predicted molar refractivity (Wildman–Crippen MR) is 185 cm³/mol. The number of carbonyl (C=O) groups is 1. The largest absolute Gasteiger partial charge is 0.465 e. The zero-order valence-electron chi connectivity index (χ0n) is 26.6. The molecule has 6 aromatic carbocycles. The molecule has 0 heterocycles. The summed E-state index contributed by atoms with van der Waals surface area (Å²) in [6.45, 7) is 1.67. The Morgan fingerprint density at radius 3 is 1.52 bits per heavy atom. The summed E-state index contributed by atoms with van der Waals surface area (Å²) in [5.41, 5.74) is 8.88. The van der Waals surface area contributed by atoms with Crippen LogP contribution in [-0.4, -0.2) is 23.3 Å². The highest BCUT2D eigenvalue weighted by Crippen LogP contribution is 2.56. The number of rotatable bonds is 9. The topological polar surface area (TPSA) is 85.2 Å². The Labute approximate surface area is 279 Å². The molecule has 0 radical (unpaired) electrons. The van der Waals surface area contributed by atoms with E-state index >= 15 is 0 Å². The van der Waals surface area contributed by atoms with Crippen molar-refractivity contribution in [2.45, 2.75) is 25.6 Å². The third-order valence-corrected chi connectivity index (χ3v) is 9.14. The molecule has 48 heavy (non-hydrogen) atoms. The molecule has 7 rings (SSSR count). The summed E-state index contributed by atoms with van der Waals surface area (Å²) in [6.07, 6.45) is 0. The maximum Gasteiger partial charge on any atom is 0.338 e. The molecule has 6 nitrogen and oxygen atoms in total. The van der Waals surface area contributed by atoms with Gasteiger partial charge < -0.3 is 24.4 Å². The normalized spacial score (nSPS) is 12.6. The molecule has 0 atom stereocenters. The van der Waals surface area contributed by atoms with Crippen LogP contribution in [0.2, 0.25) is 0 Å². The molecule has 0 spiro atoms. The summed E-state index contributed by atoms with van der Waals surface area (Å²) in [7, 11) is 1.31. The van der Waals surface area contributed by atoms with Crippen molar-refractivity contribution in [1.29, 1.82) is 0 Å². The zero-order chi connectivity index (χ0) is 33.3. The monoisotopic (exact) mass is 634 g/mol. The summed E-state index contributed by atoms with van der Waals surface area (Å²) in [4.78, 5) is 12.3. The lowest BCUT2D eigenvalue weighted by molar-refractivity contribution is 0.0596. The smallest absolute Gasteiger partial charge is 0.338 e. The summed E-state index contributed by atoms with van der Waals surface area (Å²) in [6, 6.07) is 44.1. The third kappa shape index (κ3) is 5.31. The van der Waals surface area contributed by atoms with Gasteiger partial charge in [-0.05, 0) is 106 Å². The van der Waals surface area contributed by atoms with Gasteiger partial charge in [0.25, 0.3) is 0 Å². The van der Waals surface area contributed by atoms with Gasteiger partial charge in [-0.25, -0.2) is 4.79 Å². The van der Waals surface area contributed by atoms with E-state index in [1.807, 2.05) is 49.4 Å². The molecule has 0 unspecified atom stereocenters. The highest BCUT2D eigenvalue weighted by Gasteiger charge is 2.45. The van der Waals surface area contributed by atoms with Crippen LogP contribution < -0.4 is 9.47 Å². The van der Waals surface area contributed by atoms with E-state index in [2.05, 4.69) is 72.8 Å². The molecule has 0 bridgehead atoms. The van der Waals surface area contributed by atoms with Crippen LogP contribution in [0.15, 0.2) is 133 Å². The first-order valence-corrected chi connectivity index (χ1v) is 15.7. The Bertz CT molecular complexity index is 2070. The van der Waals surface area contributed by atoms with Crippen molar-refractivity contribution in [3.8, 4) is 34.1 Å². The van der Waals surface area contributed by atoms with Crippen LogP contribution in [0.5, 0.6) is 23.0 Å². The minimum absolute atomic E-state index is 0.00695. The highest BCUT2D eigenvalue weighted by atomic mass is 16.5. The van der Waals surface area contributed by atoms with Crippen molar-refractivity contribution in [3.63, 3.8) is 0 Å². The molecule has 1 aliphatic carbocycles. The number of aliphatic hydroxyl groups excluding tert-OH is 2. The van der Waals surface area contributed by atoms with Crippen LogP contribution >= 0.6 is 0 Å². The molecule has 6 heteroatoms. The Kier molecular flexibility index (Phi) is 8.27. The van der Waals surface area contributed by atoms with Gasteiger partial charge in [-0.1, -0.05) is 84.9 Å². The molecule has 6 aromatic rings. The zero-order valence-corrected chi connectivity index (χ0v) is 26.6. The SMILES string of the molecule is COC(=O)c1cc(Oc2ccc(C3(c4ccc(Oc5ccc(CO)c(C)c5)cc4)c4ccccc4-c4ccccc43)cc2)ccc1CO. The summed E-state index contributed by atoms with van der Waals surface area (Å²) >= 11 is 0. The summed E-state index contributed by atoms with van der Waals surface area (Å²) in [5, 5.41) is 19.2. The minimum atomic E-state index is -0.607. The van der Waals surface area contributed by atoms with E-state index in [1.165, 1.54) is 29.4 Å². The van der Waals surface area contributed by atoms with Crippen LogP contribution in [0.4, 0.5) is 0 Å². The van der Waals surface area contributed by atoms with Crippen molar-refractivity contribution in [3.05, 3.63) is 178 Å². The number of ether oxygens (including phenoxy) is 3. The van der Waals surface area contributed by atoms with Crippen LogP contribution in [0.1, 0.15) is 49.3 Å². The number of hydrogen-bond donors (Lipinski definition) is 2. The van der Waals surface area contributed by atoms with Gasteiger partial charge in [-0.2, -0.15) is 0 Å². The van der Waals surface area contributed by atoms with Crippen molar-refractivity contribution < 1.29 is 29.2 Å². The highest BCUT2D eigenvalue weighted by molar-refractivity contribution is 5.91. The number of benzene rings is 6. The standard InChI is InChI=1S/C42H34O6/c1-27-23-34(17-11-28(27)25-43)47-32-19-13-30(14-20-32)42(39-9-5-3-7-36(39)37-8-4-6-10-40(37)42)31-15-21-33(22-16-31)48-35-18-12-29(26-44)38(24-35)41(45)46-2/h3-24,43-44H,25-26H2,1-2H3. The number of esters is 1. The maximum absolute atomic E-state index is 12.3. The fourth-order valence-electron chi connectivity index (χ4n) is 6.81. The quantitative estimate of drug-likeness (QED) is 0.155. The number of methoxy groups -OCH3 is 1. The molecular formula is C42H34O6. The molecule has 238 valence electrons. The molecule has 0 fully saturated rings. The number of aryl methyl sites for hydroxylation is 1. The van der Waals surface area contributed by atoms with Gasteiger partial charge in [0, 0.05) is 0 Å². The molecule has 0 saturated carbocycles. The van der Waals surface area contributed by atoms with Crippen molar-refractivity contribution in [2.75, 3.05) is 7.11 Å². The van der Waals surface area contributed by atoms with Crippen LogP contribution in [0, 0.1) is 6.92 Å². The Morgan fingerprint density at radius 2 is 1.04 bits per heavy atom. The van der Waals surface area contributed by atoms with E-state index in [0.717, 1.165) is 22.3 Å². The molecule has 0 aromatic heterocycles. The number of hydrogen-bond acceptors (Lipinski definition) is 6. The van der Waals surface area contributed by atoms with Gasteiger partial charge in [0.1, 0.15) is 23.0 Å². The van der Waals surface area contributed by atoms with Crippen molar-refractivity contribution in [1.82, 2.24) is 0 Å². The van der Waals surface area contributed by atoms with E-state index in [-0.39, 0.29) is 18.8 Å². The van der Waals surface area contributed by atoms with Crippen molar-refractivity contribution in [2.24, 2.45) is 0 Å². The van der Waals surface area contributed by atoms with Gasteiger partial charge in [0.15, 0.2) is 0 Å². The van der Waals surface area contributed by atoms with Crippen LogP contribution in [-0.2, 0) is 23.4 Å². The third-order valence-electron chi connectivity index (χ3n) is 9.14. The second-order valence-corrected chi connectivity index (χ2v) is 11.8. The molecule has 0 amide bonds. The molecular weight excluding hydrogens is 600 g/mol. The molecule has 1 aliphatic rings. The summed E-state index contributed by atoms with van der Waals surface area (Å²) < 4.78 is 17.3. The second-order valence-electron chi connectivity index (χ2n) is 11.8. The lowest BCUT2D eigenvalue weighted by Crippen LogP contribution is -2.28. The van der Waals surface area contributed by atoms with E-state index in [0.29, 0.717) is 28.6 Å². The van der Waals surface area contributed by atoms with Gasteiger partial charge >= 0.3 is 5.97 Å². The Hall–Kier alpha value is -5.69. The van der Waals surface area contributed by atoms with Gasteiger partial charge in [0.05, 0.1) is 31.3 Å². The van der Waals surface area contributed by atoms with Crippen LogP contribution in [0.25, 0.3) is 11.1 Å².